The lowest BCUT2D eigenvalue weighted by molar-refractivity contribution is 0.100. The summed E-state index contributed by atoms with van der Waals surface area (Å²) in [5.41, 5.74) is 14.8. The molecule has 6 aromatic rings. The van der Waals surface area contributed by atoms with E-state index in [1.165, 1.54) is 10.8 Å². The van der Waals surface area contributed by atoms with Crippen LogP contribution in [0.4, 0.5) is 5.82 Å². The highest BCUT2D eigenvalue weighted by atomic mass is 16.1. The average Bonchev–Trinajstić information content (AvgIpc) is 3.53. The Morgan fingerprint density at radius 3 is 2.55 bits per heavy atom. The normalized spacial score (nSPS) is 10.6. The SMILES string of the molecule is CCc1cc2cccc(C#Cc3cnn(C)c3)c2c(=O)n1-c1ccccc1.NC(=O)c1c(N)nn2cnccc12. The number of anilines is 1. The molecule has 0 aliphatic carbocycles. The molecule has 198 valence electrons. The van der Waals surface area contributed by atoms with Gasteiger partial charge in [0.25, 0.3) is 11.5 Å². The zero-order chi connectivity index (χ0) is 28.2. The predicted octanol–water partition coefficient (Wildman–Crippen LogP) is 3.10. The molecule has 0 spiro atoms. The van der Waals surface area contributed by atoms with Gasteiger partial charge in [-0.1, -0.05) is 49.1 Å². The summed E-state index contributed by atoms with van der Waals surface area (Å²) in [5.74, 6) is 5.81. The van der Waals surface area contributed by atoms with Crippen LogP contribution in [0, 0.1) is 11.8 Å². The fraction of sp³-hybridized carbons (Fsp3) is 0.100. The summed E-state index contributed by atoms with van der Waals surface area (Å²) in [5, 5.41) is 9.57. The number of primary amides is 1. The molecule has 0 fully saturated rings. The number of aromatic nitrogens is 6. The van der Waals surface area contributed by atoms with Gasteiger partial charge in [0, 0.05) is 36.4 Å². The largest absolute Gasteiger partial charge is 0.382 e. The van der Waals surface area contributed by atoms with Crippen LogP contribution in [0.2, 0.25) is 0 Å². The van der Waals surface area contributed by atoms with E-state index in [-0.39, 0.29) is 16.9 Å². The molecule has 10 heteroatoms. The first-order chi connectivity index (χ1) is 19.4. The molecular weight excluding hydrogens is 504 g/mol. The maximum atomic E-state index is 13.4. The molecule has 0 saturated heterocycles. The highest BCUT2D eigenvalue weighted by Gasteiger charge is 2.14. The van der Waals surface area contributed by atoms with E-state index in [9.17, 15) is 9.59 Å². The zero-order valence-electron chi connectivity index (χ0n) is 21.9. The Morgan fingerprint density at radius 2 is 1.85 bits per heavy atom. The number of carbonyl (C=O) groups excluding carboxylic acids is 1. The number of carbonyl (C=O) groups is 1. The van der Waals surface area contributed by atoms with E-state index >= 15 is 0 Å². The molecule has 0 radical (unpaired) electrons. The molecule has 6 rings (SSSR count). The minimum atomic E-state index is -0.585. The maximum absolute atomic E-state index is 13.4. The van der Waals surface area contributed by atoms with Gasteiger partial charge in [-0.15, -0.1) is 5.10 Å². The Hall–Kier alpha value is -5.69. The van der Waals surface area contributed by atoms with Crippen molar-refractivity contribution in [2.24, 2.45) is 12.8 Å². The Labute approximate surface area is 229 Å². The van der Waals surface area contributed by atoms with Crippen molar-refractivity contribution in [3.63, 3.8) is 0 Å². The van der Waals surface area contributed by atoms with E-state index in [0.29, 0.717) is 10.9 Å². The summed E-state index contributed by atoms with van der Waals surface area (Å²) in [6, 6.07) is 19.3. The number of pyridine rings is 1. The first-order valence-electron chi connectivity index (χ1n) is 12.5. The fourth-order valence-electron chi connectivity index (χ4n) is 4.45. The quantitative estimate of drug-likeness (QED) is 0.337. The Bertz CT molecular complexity index is 1970. The third kappa shape index (κ3) is 5.04. The van der Waals surface area contributed by atoms with Crippen LogP contribution in [0.25, 0.3) is 22.0 Å². The van der Waals surface area contributed by atoms with Crippen LogP contribution in [-0.2, 0) is 13.5 Å². The maximum Gasteiger partial charge on any atom is 0.264 e. The third-order valence-corrected chi connectivity index (χ3v) is 6.26. The van der Waals surface area contributed by atoms with Crippen LogP contribution in [0.15, 0.2) is 90.4 Å². The number of benzene rings is 2. The smallest absolute Gasteiger partial charge is 0.264 e. The van der Waals surface area contributed by atoms with E-state index in [0.717, 1.165) is 34.3 Å². The third-order valence-electron chi connectivity index (χ3n) is 6.26. The van der Waals surface area contributed by atoms with Crippen molar-refractivity contribution in [1.29, 1.82) is 0 Å². The van der Waals surface area contributed by atoms with E-state index in [1.54, 1.807) is 27.7 Å². The van der Waals surface area contributed by atoms with Crippen molar-refractivity contribution >= 4 is 28.0 Å². The topological polar surface area (TPSA) is 139 Å². The molecule has 0 saturated carbocycles. The van der Waals surface area contributed by atoms with E-state index in [2.05, 4.69) is 40.0 Å². The highest BCUT2D eigenvalue weighted by Crippen LogP contribution is 2.20. The van der Waals surface area contributed by atoms with Gasteiger partial charge in [-0.05, 0) is 42.1 Å². The molecule has 0 atom stereocenters. The van der Waals surface area contributed by atoms with Crippen molar-refractivity contribution < 1.29 is 4.79 Å². The Balaban J connectivity index is 0.000000207. The van der Waals surface area contributed by atoms with Gasteiger partial charge in [0.2, 0.25) is 0 Å². The average molecular weight is 531 g/mol. The molecule has 0 bridgehead atoms. The van der Waals surface area contributed by atoms with Gasteiger partial charge in [-0.3, -0.25) is 18.8 Å². The molecule has 40 heavy (non-hydrogen) atoms. The van der Waals surface area contributed by atoms with Crippen molar-refractivity contribution in [2.75, 3.05) is 5.73 Å². The van der Waals surface area contributed by atoms with Crippen LogP contribution in [0.5, 0.6) is 0 Å². The van der Waals surface area contributed by atoms with Gasteiger partial charge < -0.3 is 11.5 Å². The summed E-state index contributed by atoms with van der Waals surface area (Å²) in [7, 11) is 1.86. The van der Waals surface area contributed by atoms with Gasteiger partial charge in [-0.2, -0.15) is 5.10 Å². The van der Waals surface area contributed by atoms with Crippen LogP contribution in [0.3, 0.4) is 0 Å². The predicted molar refractivity (Wildman–Crippen MR) is 154 cm³/mol. The second-order valence-electron chi connectivity index (χ2n) is 8.92. The molecular formula is C30H26N8O2. The number of hydrogen-bond donors (Lipinski definition) is 2. The van der Waals surface area contributed by atoms with Gasteiger partial charge in [0.1, 0.15) is 11.9 Å². The summed E-state index contributed by atoms with van der Waals surface area (Å²) in [6.07, 6.45) is 7.35. The van der Waals surface area contributed by atoms with E-state index in [4.69, 9.17) is 11.5 Å². The zero-order valence-corrected chi connectivity index (χ0v) is 21.9. The molecule has 4 aromatic heterocycles. The standard InChI is InChI=1S/C23H19N3O.C7H7N5O/c1-3-20-14-19-9-7-8-18(13-12-17-15-24-25(2)16-17)22(19)23(27)26(20)21-10-5-4-6-11-21;8-6-5(7(9)13)4-1-2-10-3-12(4)11-6/h4-11,14-16H,3H2,1-2H3;1-3H,(H2,8,11)(H2,9,13). The Kier molecular flexibility index (Phi) is 7.11. The van der Waals surface area contributed by atoms with Crippen LogP contribution >= 0.6 is 0 Å². The van der Waals surface area contributed by atoms with Gasteiger partial charge in [0.05, 0.1) is 22.7 Å². The first-order valence-corrected chi connectivity index (χ1v) is 12.5. The lowest BCUT2D eigenvalue weighted by Crippen LogP contribution is -2.22. The molecule has 0 aliphatic heterocycles. The van der Waals surface area contributed by atoms with Crippen molar-refractivity contribution in [1.82, 2.24) is 28.9 Å². The molecule has 4 heterocycles. The summed E-state index contributed by atoms with van der Waals surface area (Å²) >= 11 is 0. The number of hydrogen-bond acceptors (Lipinski definition) is 6. The minimum Gasteiger partial charge on any atom is -0.382 e. The van der Waals surface area contributed by atoms with Gasteiger partial charge in [-0.25, -0.2) is 9.50 Å². The number of nitrogens with zero attached hydrogens (tertiary/aromatic N) is 6. The van der Waals surface area contributed by atoms with Gasteiger partial charge in [0.15, 0.2) is 5.82 Å². The molecule has 0 unspecified atom stereocenters. The lowest BCUT2D eigenvalue weighted by atomic mass is 10.0. The van der Waals surface area contributed by atoms with Crippen LogP contribution < -0.4 is 17.0 Å². The molecule has 10 nitrogen and oxygen atoms in total. The van der Waals surface area contributed by atoms with Crippen molar-refractivity contribution in [3.05, 3.63) is 118 Å². The van der Waals surface area contributed by atoms with E-state index in [1.807, 2.05) is 61.8 Å². The molecule has 1 amide bonds. The molecule has 4 N–H and O–H groups in total. The monoisotopic (exact) mass is 530 g/mol. The van der Waals surface area contributed by atoms with E-state index < -0.39 is 5.91 Å². The Morgan fingerprint density at radius 1 is 1.05 bits per heavy atom. The number of rotatable bonds is 3. The number of nitrogens with two attached hydrogens (primary N) is 2. The first kappa shape index (κ1) is 25.9. The summed E-state index contributed by atoms with van der Waals surface area (Å²) in [6.45, 7) is 2.06. The number of amides is 1. The molecule has 2 aromatic carbocycles. The number of fused-ring (bicyclic) bond motifs is 2. The minimum absolute atomic E-state index is 0.0355. The summed E-state index contributed by atoms with van der Waals surface area (Å²) < 4.78 is 4.91. The lowest BCUT2D eigenvalue weighted by Gasteiger charge is -2.14. The molecule has 0 aliphatic rings. The van der Waals surface area contributed by atoms with Crippen LogP contribution in [0.1, 0.15) is 34.1 Å². The number of aryl methyl sites for hydroxylation is 2. The number of para-hydroxylation sites is 1. The van der Waals surface area contributed by atoms with Crippen LogP contribution in [-0.4, -0.2) is 34.9 Å². The van der Waals surface area contributed by atoms with Crippen molar-refractivity contribution in [2.45, 2.75) is 13.3 Å². The second kappa shape index (κ2) is 11.0. The second-order valence-corrected chi connectivity index (χ2v) is 8.92. The summed E-state index contributed by atoms with van der Waals surface area (Å²) in [4.78, 5) is 28.2. The fourth-order valence-corrected chi connectivity index (χ4v) is 4.45. The highest BCUT2D eigenvalue weighted by molar-refractivity contribution is 6.04. The van der Waals surface area contributed by atoms with Crippen molar-refractivity contribution in [3.8, 4) is 17.5 Å². The van der Waals surface area contributed by atoms with Gasteiger partial charge >= 0.3 is 0 Å². The number of nitrogen functional groups attached to an aromatic ring is 1.